The summed E-state index contributed by atoms with van der Waals surface area (Å²) in [6.45, 7) is 0. The van der Waals surface area contributed by atoms with Crippen LogP contribution < -0.4 is 0 Å². The van der Waals surface area contributed by atoms with Gasteiger partial charge in [-0.05, 0) is 28.8 Å². The van der Waals surface area contributed by atoms with E-state index in [1.54, 1.807) is 0 Å². The van der Waals surface area contributed by atoms with Gasteiger partial charge in [0, 0.05) is 19.0 Å². The molecule has 0 bridgehead atoms. The lowest BCUT2D eigenvalue weighted by molar-refractivity contribution is -0.292. The zero-order chi connectivity index (χ0) is 20.4. The summed E-state index contributed by atoms with van der Waals surface area (Å²) in [5, 5.41) is 3.24. The molecule has 0 spiro atoms. The van der Waals surface area contributed by atoms with Gasteiger partial charge in [-0.1, -0.05) is 0 Å². The molecular weight excluding hydrogens is 456 g/mol. The fourth-order valence-corrected chi connectivity index (χ4v) is 3.04. The van der Waals surface area contributed by atoms with Crippen molar-refractivity contribution in [1.29, 1.82) is 0 Å². The summed E-state index contributed by atoms with van der Waals surface area (Å²) < 4.78 is 105. The smallest absolute Gasteiger partial charge is 0.265 e. The molecule has 1 saturated carbocycles. The fourth-order valence-electron chi connectivity index (χ4n) is 2.29. The lowest BCUT2D eigenvalue weighted by Gasteiger charge is -2.19. The number of aromatic nitrogens is 4. The van der Waals surface area contributed by atoms with Crippen LogP contribution in [0.1, 0.15) is 36.0 Å². The number of alkyl halides is 8. The highest BCUT2D eigenvalue weighted by molar-refractivity contribution is 9.10. The summed E-state index contributed by atoms with van der Waals surface area (Å²) in [4.78, 5) is 6.44. The van der Waals surface area contributed by atoms with Crippen LogP contribution >= 0.6 is 15.9 Å². The third-order valence-corrected chi connectivity index (χ3v) is 4.52. The van der Waals surface area contributed by atoms with Crippen molar-refractivity contribution in [3.05, 3.63) is 27.8 Å². The molecule has 2 aromatic heterocycles. The molecule has 2 heterocycles. The predicted molar refractivity (Wildman–Crippen MR) is 77.7 cm³/mol. The van der Waals surface area contributed by atoms with Crippen LogP contribution in [0.15, 0.2) is 4.47 Å². The van der Waals surface area contributed by atoms with Gasteiger partial charge in [0.15, 0.2) is 5.69 Å². The van der Waals surface area contributed by atoms with Gasteiger partial charge < -0.3 is 0 Å². The molecule has 13 heteroatoms. The number of aryl methyl sites for hydroxylation is 1. The van der Waals surface area contributed by atoms with Crippen LogP contribution in [0.5, 0.6) is 0 Å². The minimum absolute atomic E-state index is 0.208. The Labute approximate surface area is 154 Å². The summed E-state index contributed by atoms with van der Waals surface area (Å²) >= 11 is 2.67. The molecule has 0 atom stereocenters. The fraction of sp³-hybridized carbons (Fsp3) is 0.500. The molecule has 3 rings (SSSR count). The van der Waals surface area contributed by atoms with E-state index >= 15 is 0 Å². The lowest BCUT2D eigenvalue weighted by Crippen LogP contribution is -2.36. The summed E-state index contributed by atoms with van der Waals surface area (Å²) in [7, 11) is 1.07. The first-order valence-corrected chi connectivity index (χ1v) is 8.09. The van der Waals surface area contributed by atoms with E-state index in [0.717, 1.165) is 7.05 Å². The van der Waals surface area contributed by atoms with Gasteiger partial charge in [0.1, 0.15) is 11.4 Å². The van der Waals surface area contributed by atoms with Gasteiger partial charge in [-0.2, -0.15) is 40.2 Å². The Morgan fingerprint density at radius 1 is 1.04 bits per heavy atom. The zero-order valence-corrected chi connectivity index (χ0v) is 14.8. The van der Waals surface area contributed by atoms with Gasteiger partial charge in [0.05, 0.1) is 10.2 Å². The molecule has 0 saturated heterocycles. The van der Waals surface area contributed by atoms with Gasteiger partial charge in [-0.3, -0.25) is 4.68 Å². The number of hydrogen-bond donors (Lipinski definition) is 0. The van der Waals surface area contributed by atoms with Crippen molar-refractivity contribution < 1.29 is 35.1 Å². The summed E-state index contributed by atoms with van der Waals surface area (Å²) in [5.74, 6) is -7.62. The van der Waals surface area contributed by atoms with E-state index in [2.05, 4.69) is 37.1 Å². The van der Waals surface area contributed by atoms with Gasteiger partial charge in [-0.25, -0.2) is 9.97 Å². The molecule has 1 aliphatic carbocycles. The molecule has 1 radical (unpaired) electrons. The maximum absolute atomic E-state index is 13.7. The van der Waals surface area contributed by atoms with E-state index < -0.39 is 51.6 Å². The first kappa shape index (κ1) is 20.0. The molecular formula is C14H8BrF8N4. The van der Waals surface area contributed by atoms with E-state index in [9.17, 15) is 35.1 Å². The molecule has 4 nitrogen and oxygen atoms in total. The van der Waals surface area contributed by atoms with Crippen molar-refractivity contribution in [3.63, 3.8) is 0 Å². The number of hydrogen-bond acceptors (Lipinski definition) is 3. The average Bonchev–Trinajstić information content (AvgIpc) is 3.30. The van der Waals surface area contributed by atoms with Crippen LogP contribution in [0.2, 0.25) is 0 Å². The number of halogens is 9. The molecule has 27 heavy (non-hydrogen) atoms. The highest BCUT2D eigenvalue weighted by atomic mass is 79.9. The second kappa shape index (κ2) is 6.11. The van der Waals surface area contributed by atoms with Crippen molar-refractivity contribution in [2.45, 2.75) is 37.0 Å². The predicted octanol–water partition coefficient (Wildman–Crippen LogP) is 4.99. The SMILES string of the molecule is Cn1nc(C(F)(F)F)c(Br)c1-c1[c]c(C2CC2)nc(C(F)(F)C(F)(F)F)n1. The average molecular weight is 464 g/mol. The molecule has 2 aromatic rings. The van der Waals surface area contributed by atoms with Crippen LogP contribution in [0.4, 0.5) is 35.1 Å². The van der Waals surface area contributed by atoms with Gasteiger partial charge in [-0.15, -0.1) is 0 Å². The van der Waals surface area contributed by atoms with Crippen molar-refractivity contribution in [2.75, 3.05) is 0 Å². The zero-order valence-electron chi connectivity index (χ0n) is 13.2. The minimum atomic E-state index is -5.97. The maximum Gasteiger partial charge on any atom is 0.461 e. The monoisotopic (exact) mass is 463 g/mol. The Morgan fingerprint density at radius 3 is 2.07 bits per heavy atom. The quantitative estimate of drug-likeness (QED) is 0.602. The molecule has 1 aliphatic rings. The van der Waals surface area contributed by atoms with Crippen molar-refractivity contribution >= 4 is 15.9 Å². The molecule has 147 valence electrons. The standard InChI is InChI=1S/C14H8BrF8N4/c1-27-9(8(15)10(26-27)13(18,19)20)7-4-6(5-2-3-5)24-11(25-7)12(16,17)14(21,22)23/h5H,2-3H2,1H3. The van der Waals surface area contributed by atoms with Crippen molar-refractivity contribution in [1.82, 2.24) is 19.7 Å². The Morgan fingerprint density at radius 2 is 1.63 bits per heavy atom. The normalized spacial score (nSPS) is 16.1. The minimum Gasteiger partial charge on any atom is -0.265 e. The van der Waals surface area contributed by atoms with Crippen LogP contribution in [-0.2, 0) is 19.1 Å². The molecule has 0 aliphatic heterocycles. The first-order chi connectivity index (χ1) is 12.2. The van der Waals surface area contributed by atoms with E-state index in [1.165, 1.54) is 0 Å². The van der Waals surface area contributed by atoms with E-state index in [-0.39, 0.29) is 5.69 Å². The second-order valence-corrected chi connectivity index (χ2v) is 6.68. The first-order valence-electron chi connectivity index (χ1n) is 7.29. The van der Waals surface area contributed by atoms with E-state index in [1.807, 2.05) is 0 Å². The second-order valence-electron chi connectivity index (χ2n) is 5.89. The third kappa shape index (κ3) is 3.52. The van der Waals surface area contributed by atoms with Crippen LogP contribution in [-0.4, -0.2) is 25.9 Å². The highest BCUT2D eigenvalue weighted by Gasteiger charge is 2.61. The summed E-state index contributed by atoms with van der Waals surface area (Å²) in [6.07, 6.45) is -9.86. The van der Waals surface area contributed by atoms with Gasteiger partial charge >= 0.3 is 18.3 Å². The van der Waals surface area contributed by atoms with Crippen molar-refractivity contribution in [3.8, 4) is 11.4 Å². The maximum atomic E-state index is 13.7. The van der Waals surface area contributed by atoms with E-state index in [0.29, 0.717) is 17.5 Å². The number of rotatable bonds is 3. The topological polar surface area (TPSA) is 43.6 Å². The van der Waals surface area contributed by atoms with Crippen LogP contribution in [0.25, 0.3) is 11.4 Å². The molecule has 0 aromatic carbocycles. The Hall–Kier alpha value is -1.79. The summed E-state index contributed by atoms with van der Waals surface area (Å²) in [6, 6.07) is 2.45. The molecule has 0 amide bonds. The Kier molecular flexibility index (Phi) is 4.51. The lowest BCUT2D eigenvalue weighted by atomic mass is 10.1. The Balaban J connectivity index is 2.22. The largest absolute Gasteiger partial charge is 0.461 e. The summed E-state index contributed by atoms with van der Waals surface area (Å²) in [5.41, 5.74) is -2.65. The molecule has 1 fully saturated rings. The molecule has 0 unspecified atom stereocenters. The van der Waals surface area contributed by atoms with Crippen molar-refractivity contribution in [2.24, 2.45) is 7.05 Å². The van der Waals surface area contributed by atoms with Gasteiger partial charge in [0.25, 0.3) is 0 Å². The third-order valence-electron chi connectivity index (χ3n) is 3.77. The van der Waals surface area contributed by atoms with E-state index in [4.69, 9.17) is 0 Å². The Bertz CT molecular complexity index is 882. The van der Waals surface area contributed by atoms with Crippen LogP contribution in [0, 0.1) is 6.07 Å². The van der Waals surface area contributed by atoms with Crippen LogP contribution in [0.3, 0.4) is 0 Å². The molecule has 0 N–H and O–H groups in total. The van der Waals surface area contributed by atoms with Gasteiger partial charge in [0.2, 0.25) is 5.82 Å². The number of nitrogens with zero attached hydrogens (tertiary/aromatic N) is 4. The highest BCUT2D eigenvalue weighted by Crippen LogP contribution is 2.46.